The van der Waals surface area contributed by atoms with Gasteiger partial charge < -0.3 is 23.7 Å². The van der Waals surface area contributed by atoms with Gasteiger partial charge in [0.15, 0.2) is 11.5 Å². The van der Waals surface area contributed by atoms with Gasteiger partial charge in [-0.3, -0.25) is 0 Å². The molecule has 2 aromatic rings. The van der Waals surface area contributed by atoms with Gasteiger partial charge in [0.05, 0.1) is 18.1 Å². The summed E-state index contributed by atoms with van der Waals surface area (Å²) in [4.78, 5) is 2.05. The molecule has 0 aromatic heterocycles. The molecule has 2 aromatic carbocycles. The molecule has 26 heavy (non-hydrogen) atoms. The number of fused-ring (bicyclic) bond motifs is 6. The number of ether oxygens (including phenoxy) is 5. The minimum atomic E-state index is -0.920. The van der Waals surface area contributed by atoms with E-state index in [0.29, 0.717) is 24.7 Å². The van der Waals surface area contributed by atoms with Crippen molar-refractivity contribution in [1.82, 2.24) is 0 Å². The molecule has 1 saturated heterocycles. The van der Waals surface area contributed by atoms with Gasteiger partial charge in [0.2, 0.25) is 5.79 Å². The first-order valence-corrected chi connectivity index (χ1v) is 9.43. The Kier molecular flexibility index (Phi) is 3.56. The van der Waals surface area contributed by atoms with Crippen LogP contribution < -0.4 is 9.47 Å². The molecule has 1 atom stereocenters. The van der Waals surface area contributed by atoms with Crippen molar-refractivity contribution in [2.75, 3.05) is 20.3 Å². The molecule has 6 heteroatoms. The van der Waals surface area contributed by atoms with Crippen LogP contribution in [0.15, 0.2) is 46.2 Å². The maximum absolute atomic E-state index is 6.42. The van der Waals surface area contributed by atoms with Gasteiger partial charge in [-0.2, -0.15) is 0 Å². The molecule has 3 heterocycles. The van der Waals surface area contributed by atoms with E-state index in [1.807, 2.05) is 24.3 Å². The van der Waals surface area contributed by atoms with E-state index in [2.05, 4.69) is 26.0 Å². The summed E-state index contributed by atoms with van der Waals surface area (Å²) in [6, 6.07) is 12.1. The zero-order valence-electron chi connectivity index (χ0n) is 14.9. The molecule has 0 amide bonds. The van der Waals surface area contributed by atoms with Crippen LogP contribution in [-0.4, -0.2) is 26.8 Å². The fourth-order valence-corrected chi connectivity index (χ4v) is 4.73. The molecular formula is C20H20O5S. The van der Waals surface area contributed by atoms with Crippen molar-refractivity contribution >= 4 is 11.8 Å². The van der Waals surface area contributed by atoms with E-state index in [9.17, 15) is 0 Å². The van der Waals surface area contributed by atoms with Crippen LogP contribution in [0.3, 0.4) is 0 Å². The van der Waals surface area contributed by atoms with E-state index in [1.54, 1.807) is 18.9 Å². The third-order valence-electron chi connectivity index (χ3n) is 4.85. The van der Waals surface area contributed by atoms with Gasteiger partial charge in [0.1, 0.15) is 0 Å². The van der Waals surface area contributed by atoms with Gasteiger partial charge in [0, 0.05) is 28.5 Å². The standard InChI is InChI=1S/C20H20O5S/c1-19(2)10-22-20(23-11-19)12-6-4-5-7-15(12)26-17-13(20)8-9-14-16(17)25-18(21-3)24-14/h4-9,18H,10-11H2,1-3H3. The third kappa shape index (κ3) is 2.29. The van der Waals surface area contributed by atoms with E-state index in [0.717, 1.165) is 20.9 Å². The lowest BCUT2D eigenvalue weighted by Gasteiger charge is -2.46. The minimum absolute atomic E-state index is 0.0254. The summed E-state index contributed by atoms with van der Waals surface area (Å²) in [5, 5.41) is 0. The van der Waals surface area contributed by atoms with E-state index in [4.69, 9.17) is 23.7 Å². The molecule has 3 aliphatic rings. The van der Waals surface area contributed by atoms with Gasteiger partial charge in [-0.05, 0) is 18.2 Å². The smallest absolute Gasteiger partial charge is 0.360 e. The summed E-state index contributed by atoms with van der Waals surface area (Å²) in [6.45, 7) is 4.79. The van der Waals surface area contributed by atoms with Gasteiger partial charge in [-0.15, -0.1) is 0 Å². The van der Waals surface area contributed by atoms with Crippen LogP contribution in [0.5, 0.6) is 11.5 Å². The van der Waals surface area contributed by atoms with Crippen LogP contribution in [-0.2, 0) is 20.0 Å². The lowest BCUT2D eigenvalue weighted by molar-refractivity contribution is -0.287. The van der Waals surface area contributed by atoms with Crippen LogP contribution in [0.2, 0.25) is 0 Å². The zero-order valence-corrected chi connectivity index (χ0v) is 15.7. The lowest BCUT2D eigenvalue weighted by Crippen LogP contribution is -2.47. The second-order valence-corrected chi connectivity index (χ2v) is 8.54. The Bertz CT molecular complexity index is 869. The molecule has 3 aliphatic heterocycles. The van der Waals surface area contributed by atoms with Crippen molar-refractivity contribution in [3.63, 3.8) is 0 Å². The Morgan fingerprint density at radius 3 is 2.54 bits per heavy atom. The number of hydrogen-bond acceptors (Lipinski definition) is 6. The summed E-state index contributed by atoms with van der Waals surface area (Å²) < 4.78 is 29.6. The predicted octanol–water partition coefficient (Wildman–Crippen LogP) is 4.13. The Morgan fingerprint density at radius 2 is 1.77 bits per heavy atom. The maximum atomic E-state index is 6.42. The van der Waals surface area contributed by atoms with E-state index in [-0.39, 0.29) is 5.41 Å². The molecule has 5 nitrogen and oxygen atoms in total. The van der Waals surface area contributed by atoms with E-state index >= 15 is 0 Å². The highest BCUT2D eigenvalue weighted by Gasteiger charge is 2.50. The second kappa shape index (κ2) is 5.63. The monoisotopic (exact) mass is 372 g/mol. The van der Waals surface area contributed by atoms with Crippen LogP contribution >= 0.6 is 11.8 Å². The van der Waals surface area contributed by atoms with Crippen molar-refractivity contribution in [3.8, 4) is 11.5 Å². The normalized spacial score (nSPS) is 24.2. The van der Waals surface area contributed by atoms with Crippen LogP contribution in [0.1, 0.15) is 25.0 Å². The molecular weight excluding hydrogens is 352 g/mol. The molecule has 1 fully saturated rings. The molecule has 1 spiro atoms. The number of hydrogen-bond donors (Lipinski definition) is 0. The summed E-state index contributed by atoms with van der Waals surface area (Å²) in [7, 11) is 1.56. The molecule has 0 bridgehead atoms. The zero-order chi connectivity index (χ0) is 17.9. The highest BCUT2D eigenvalue weighted by Crippen LogP contribution is 2.58. The summed E-state index contributed by atoms with van der Waals surface area (Å²) >= 11 is 1.65. The van der Waals surface area contributed by atoms with E-state index < -0.39 is 12.3 Å². The molecule has 136 valence electrons. The Labute approximate surface area is 156 Å². The van der Waals surface area contributed by atoms with Crippen molar-refractivity contribution in [2.24, 2.45) is 5.41 Å². The summed E-state index contributed by atoms with van der Waals surface area (Å²) in [5.74, 6) is 0.440. The topological polar surface area (TPSA) is 46.2 Å². The highest BCUT2D eigenvalue weighted by atomic mass is 32.2. The first-order chi connectivity index (χ1) is 12.5. The van der Waals surface area contributed by atoms with E-state index in [1.165, 1.54) is 0 Å². The molecule has 0 radical (unpaired) electrons. The Morgan fingerprint density at radius 1 is 1.00 bits per heavy atom. The average molecular weight is 372 g/mol. The molecule has 1 unspecified atom stereocenters. The van der Waals surface area contributed by atoms with Crippen molar-refractivity contribution in [2.45, 2.75) is 35.9 Å². The Balaban J connectivity index is 1.68. The summed E-state index contributed by atoms with van der Waals surface area (Å²) in [6.07, 6.45) is 0. The van der Waals surface area contributed by atoms with Gasteiger partial charge in [-0.1, -0.05) is 43.8 Å². The highest BCUT2D eigenvalue weighted by molar-refractivity contribution is 7.99. The fraction of sp³-hybridized carbons (Fsp3) is 0.400. The SMILES string of the molecule is COC1Oc2ccc3c(c2O1)Sc1ccccc1C31OCC(C)(C)CO1. The summed E-state index contributed by atoms with van der Waals surface area (Å²) in [5.41, 5.74) is 1.97. The maximum Gasteiger partial charge on any atom is 0.360 e. The predicted molar refractivity (Wildman–Crippen MR) is 95.5 cm³/mol. The first kappa shape index (κ1) is 16.4. The van der Waals surface area contributed by atoms with Crippen LogP contribution in [0.25, 0.3) is 0 Å². The molecule has 5 rings (SSSR count). The molecule has 0 saturated carbocycles. The van der Waals surface area contributed by atoms with Gasteiger partial charge in [-0.25, -0.2) is 0 Å². The van der Waals surface area contributed by atoms with Gasteiger partial charge in [0.25, 0.3) is 0 Å². The van der Waals surface area contributed by atoms with Gasteiger partial charge >= 0.3 is 6.48 Å². The molecule has 0 N–H and O–H groups in total. The van der Waals surface area contributed by atoms with Crippen molar-refractivity contribution < 1.29 is 23.7 Å². The number of rotatable bonds is 1. The lowest BCUT2D eigenvalue weighted by atomic mass is 9.90. The Hall–Kier alpha value is -1.73. The quantitative estimate of drug-likeness (QED) is 0.750. The van der Waals surface area contributed by atoms with Crippen LogP contribution in [0.4, 0.5) is 0 Å². The fourth-order valence-electron chi connectivity index (χ4n) is 3.50. The molecule has 0 aliphatic carbocycles. The number of methoxy groups -OCH3 is 1. The average Bonchev–Trinajstić information content (AvgIpc) is 3.08. The minimum Gasteiger partial charge on any atom is -0.428 e. The van der Waals surface area contributed by atoms with Crippen molar-refractivity contribution in [1.29, 1.82) is 0 Å². The third-order valence-corrected chi connectivity index (χ3v) is 6.03. The van der Waals surface area contributed by atoms with Crippen molar-refractivity contribution in [3.05, 3.63) is 47.5 Å². The van der Waals surface area contributed by atoms with Crippen LogP contribution in [0, 0.1) is 5.41 Å². The first-order valence-electron chi connectivity index (χ1n) is 8.61. The largest absolute Gasteiger partial charge is 0.428 e. The number of benzene rings is 2. The second-order valence-electron chi connectivity index (χ2n) is 7.49.